The second kappa shape index (κ2) is 4.53. The molecular formula is C12H15NO2. The number of carbonyl (C=O) groups is 1. The van der Waals surface area contributed by atoms with E-state index in [4.69, 9.17) is 4.74 Å². The van der Waals surface area contributed by atoms with Gasteiger partial charge in [-0.3, -0.25) is 9.78 Å². The van der Waals surface area contributed by atoms with Crippen molar-refractivity contribution in [3.05, 3.63) is 29.6 Å². The van der Waals surface area contributed by atoms with Gasteiger partial charge in [0.25, 0.3) is 0 Å². The number of aryl methyl sites for hydroxylation is 1. The van der Waals surface area contributed by atoms with E-state index in [0.717, 1.165) is 18.5 Å². The first-order chi connectivity index (χ1) is 7.33. The van der Waals surface area contributed by atoms with Crippen molar-refractivity contribution in [1.29, 1.82) is 0 Å². The lowest BCUT2D eigenvalue weighted by Crippen LogP contribution is -2.17. The van der Waals surface area contributed by atoms with Crippen LogP contribution in [0.3, 0.4) is 0 Å². The third kappa shape index (κ3) is 2.07. The Morgan fingerprint density at radius 3 is 3.33 bits per heavy atom. The van der Waals surface area contributed by atoms with Crippen LogP contribution in [0.15, 0.2) is 18.3 Å². The average molecular weight is 205 g/mol. The molecule has 1 atom stereocenters. The Labute approximate surface area is 89.5 Å². The van der Waals surface area contributed by atoms with Crippen LogP contribution in [-0.2, 0) is 16.0 Å². The van der Waals surface area contributed by atoms with Crippen molar-refractivity contribution in [3.8, 4) is 0 Å². The number of fused-ring (bicyclic) bond motifs is 1. The lowest BCUT2D eigenvalue weighted by atomic mass is 10.0. The summed E-state index contributed by atoms with van der Waals surface area (Å²) in [7, 11) is 0. The highest BCUT2D eigenvalue weighted by Crippen LogP contribution is 2.31. The van der Waals surface area contributed by atoms with Gasteiger partial charge in [-0.25, -0.2) is 0 Å². The minimum atomic E-state index is -0.0345. The number of ketones is 1. The van der Waals surface area contributed by atoms with Crippen LogP contribution >= 0.6 is 0 Å². The quantitative estimate of drug-likeness (QED) is 0.751. The average Bonchev–Trinajstić information content (AvgIpc) is 2.69. The van der Waals surface area contributed by atoms with E-state index in [1.165, 1.54) is 5.56 Å². The summed E-state index contributed by atoms with van der Waals surface area (Å²) in [6, 6.07) is 3.98. The van der Waals surface area contributed by atoms with E-state index in [1.54, 1.807) is 6.20 Å². The van der Waals surface area contributed by atoms with Crippen LogP contribution in [0.5, 0.6) is 0 Å². The molecule has 0 saturated heterocycles. The standard InChI is InChI=1S/C12H15NO2/c1-2-15-8-11(14)10-6-5-9-4-3-7-13-12(9)10/h3-4,7,10H,2,5-6,8H2,1H3. The minimum absolute atomic E-state index is 0.0345. The van der Waals surface area contributed by atoms with Gasteiger partial charge in [0.15, 0.2) is 5.78 Å². The highest BCUT2D eigenvalue weighted by molar-refractivity contribution is 5.87. The normalized spacial score (nSPS) is 18.9. The van der Waals surface area contributed by atoms with Crippen LogP contribution in [0.25, 0.3) is 0 Å². The predicted octanol–water partition coefficient (Wildman–Crippen LogP) is 1.72. The molecule has 80 valence electrons. The van der Waals surface area contributed by atoms with Crippen molar-refractivity contribution in [3.63, 3.8) is 0 Å². The summed E-state index contributed by atoms with van der Waals surface area (Å²) in [6.07, 6.45) is 3.61. The molecule has 3 heteroatoms. The number of hydrogen-bond donors (Lipinski definition) is 0. The molecule has 0 amide bonds. The number of aromatic nitrogens is 1. The van der Waals surface area contributed by atoms with E-state index in [-0.39, 0.29) is 18.3 Å². The summed E-state index contributed by atoms with van der Waals surface area (Å²) < 4.78 is 5.15. The second-order valence-electron chi connectivity index (χ2n) is 3.74. The molecule has 0 aliphatic heterocycles. The van der Waals surface area contributed by atoms with E-state index in [9.17, 15) is 4.79 Å². The number of hydrogen-bond acceptors (Lipinski definition) is 3. The van der Waals surface area contributed by atoms with Crippen LogP contribution < -0.4 is 0 Å². The molecule has 1 aliphatic rings. The number of ether oxygens (including phenoxy) is 1. The first-order valence-corrected chi connectivity index (χ1v) is 5.37. The Balaban J connectivity index is 2.10. The van der Waals surface area contributed by atoms with Gasteiger partial charge in [-0.1, -0.05) is 6.07 Å². The summed E-state index contributed by atoms with van der Waals surface area (Å²) in [5.74, 6) is 0.127. The van der Waals surface area contributed by atoms with Crippen molar-refractivity contribution in [1.82, 2.24) is 4.98 Å². The molecule has 1 unspecified atom stereocenters. The van der Waals surface area contributed by atoms with Crippen molar-refractivity contribution in [2.24, 2.45) is 0 Å². The number of carbonyl (C=O) groups excluding carboxylic acids is 1. The molecule has 0 N–H and O–H groups in total. The Hall–Kier alpha value is -1.22. The lowest BCUT2D eigenvalue weighted by Gasteiger charge is -2.08. The largest absolute Gasteiger partial charge is 0.374 e. The van der Waals surface area contributed by atoms with E-state index in [1.807, 2.05) is 13.0 Å². The Bertz CT molecular complexity index is 362. The molecule has 2 rings (SSSR count). The molecule has 1 heterocycles. The molecular weight excluding hydrogens is 190 g/mol. The van der Waals surface area contributed by atoms with Gasteiger partial charge in [-0.05, 0) is 31.4 Å². The van der Waals surface area contributed by atoms with Crippen LogP contribution in [0.1, 0.15) is 30.5 Å². The van der Waals surface area contributed by atoms with Crippen LogP contribution in [-0.4, -0.2) is 24.0 Å². The number of rotatable bonds is 4. The fourth-order valence-electron chi connectivity index (χ4n) is 2.03. The fourth-order valence-corrected chi connectivity index (χ4v) is 2.03. The highest BCUT2D eigenvalue weighted by atomic mass is 16.5. The second-order valence-corrected chi connectivity index (χ2v) is 3.74. The third-order valence-electron chi connectivity index (χ3n) is 2.80. The predicted molar refractivity (Wildman–Crippen MR) is 56.8 cm³/mol. The maximum Gasteiger partial charge on any atom is 0.167 e. The molecule has 1 aliphatic carbocycles. The van der Waals surface area contributed by atoms with E-state index < -0.39 is 0 Å². The van der Waals surface area contributed by atoms with Gasteiger partial charge in [-0.2, -0.15) is 0 Å². The zero-order valence-electron chi connectivity index (χ0n) is 8.90. The zero-order chi connectivity index (χ0) is 10.7. The Kier molecular flexibility index (Phi) is 3.11. The van der Waals surface area contributed by atoms with Crippen molar-refractivity contribution >= 4 is 5.78 Å². The number of Topliss-reactive ketones (excluding diaryl/α,β-unsaturated/α-hetero) is 1. The van der Waals surface area contributed by atoms with Gasteiger partial charge in [0.2, 0.25) is 0 Å². The molecule has 0 saturated carbocycles. The number of nitrogens with zero attached hydrogens (tertiary/aromatic N) is 1. The van der Waals surface area contributed by atoms with Gasteiger partial charge >= 0.3 is 0 Å². The van der Waals surface area contributed by atoms with Gasteiger partial charge in [0.05, 0.1) is 11.6 Å². The molecule has 0 radical (unpaired) electrons. The van der Waals surface area contributed by atoms with E-state index >= 15 is 0 Å². The van der Waals surface area contributed by atoms with Crippen molar-refractivity contribution in [2.45, 2.75) is 25.7 Å². The SMILES string of the molecule is CCOCC(=O)C1CCc2cccnc21. The topological polar surface area (TPSA) is 39.2 Å². The molecule has 1 aromatic rings. The fraction of sp³-hybridized carbons (Fsp3) is 0.500. The van der Waals surface area contributed by atoms with Gasteiger partial charge in [0.1, 0.15) is 6.61 Å². The minimum Gasteiger partial charge on any atom is -0.374 e. The van der Waals surface area contributed by atoms with Crippen molar-refractivity contribution < 1.29 is 9.53 Å². The van der Waals surface area contributed by atoms with E-state index in [2.05, 4.69) is 11.1 Å². The maximum atomic E-state index is 11.8. The molecule has 0 fully saturated rings. The van der Waals surface area contributed by atoms with Crippen molar-refractivity contribution in [2.75, 3.05) is 13.2 Å². The Morgan fingerprint density at radius 1 is 1.67 bits per heavy atom. The van der Waals surface area contributed by atoms with Crippen LogP contribution in [0.2, 0.25) is 0 Å². The van der Waals surface area contributed by atoms with Gasteiger partial charge in [0, 0.05) is 12.8 Å². The maximum absolute atomic E-state index is 11.8. The summed E-state index contributed by atoms with van der Waals surface area (Å²) in [6.45, 7) is 2.71. The summed E-state index contributed by atoms with van der Waals surface area (Å²) >= 11 is 0. The monoisotopic (exact) mass is 205 g/mol. The third-order valence-corrected chi connectivity index (χ3v) is 2.80. The first kappa shape index (κ1) is 10.3. The Morgan fingerprint density at radius 2 is 2.53 bits per heavy atom. The number of pyridine rings is 1. The van der Waals surface area contributed by atoms with Crippen LogP contribution in [0, 0.1) is 0 Å². The summed E-state index contributed by atoms with van der Waals surface area (Å²) in [5, 5.41) is 0. The van der Waals surface area contributed by atoms with Gasteiger partial charge in [-0.15, -0.1) is 0 Å². The molecule has 0 bridgehead atoms. The highest BCUT2D eigenvalue weighted by Gasteiger charge is 2.29. The molecule has 1 aromatic heterocycles. The zero-order valence-corrected chi connectivity index (χ0v) is 8.90. The molecule has 15 heavy (non-hydrogen) atoms. The summed E-state index contributed by atoms with van der Waals surface area (Å²) in [5.41, 5.74) is 2.18. The molecule has 0 spiro atoms. The molecule has 0 aromatic carbocycles. The van der Waals surface area contributed by atoms with Crippen LogP contribution in [0.4, 0.5) is 0 Å². The van der Waals surface area contributed by atoms with E-state index in [0.29, 0.717) is 6.61 Å². The molecule has 3 nitrogen and oxygen atoms in total. The lowest BCUT2D eigenvalue weighted by molar-refractivity contribution is -0.124. The smallest absolute Gasteiger partial charge is 0.167 e. The summed E-state index contributed by atoms with van der Waals surface area (Å²) in [4.78, 5) is 16.1. The first-order valence-electron chi connectivity index (χ1n) is 5.37. The van der Waals surface area contributed by atoms with Gasteiger partial charge < -0.3 is 4.74 Å².